The van der Waals surface area contributed by atoms with Gasteiger partial charge in [-0.25, -0.2) is 4.79 Å². The number of amides is 1. The van der Waals surface area contributed by atoms with Gasteiger partial charge in [-0.15, -0.1) is 0 Å². The van der Waals surface area contributed by atoms with E-state index in [2.05, 4.69) is 20.8 Å². The molecule has 0 bridgehead atoms. The van der Waals surface area contributed by atoms with Crippen molar-refractivity contribution in [2.24, 2.45) is 11.3 Å². The molecule has 0 spiro atoms. The number of rotatable bonds is 2. The maximum absolute atomic E-state index is 11.2. The summed E-state index contributed by atoms with van der Waals surface area (Å²) < 4.78 is 0. The molecular weight excluding hydrogens is 206 g/mol. The van der Waals surface area contributed by atoms with E-state index in [0.717, 1.165) is 19.3 Å². The van der Waals surface area contributed by atoms with Crippen molar-refractivity contribution in [2.75, 3.05) is 13.2 Å². The molecule has 4 heteroatoms. The molecule has 0 aromatic heterocycles. The molecule has 1 rings (SSSR count). The molecule has 4 nitrogen and oxygen atoms in total. The van der Waals surface area contributed by atoms with Gasteiger partial charge >= 0.3 is 6.09 Å². The Morgan fingerprint density at radius 1 is 1.44 bits per heavy atom. The lowest BCUT2D eigenvalue weighted by Gasteiger charge is -2.44. The Kier molecular flexibility index (Phi) is 4.19. The van der Waals surface area contributed by atoms with E-state index < -0.39 is 6.09 Å². The Labute approximate surface area is 97.3 Å². The predicted molar refractivity (Wildman–Crippen MR) is 62.4 cm³/mol. The van der Waals surface area contributed by atoms with Gasteiger partial charge in [0.2, 0.25) is 0 Å². The zero-order valence-corrected chi connectivity index (χ0v) is 10.4. The average Bonchev–Trinajstić information content (AvgIpc) is 2.16. The molecule has 94 valence electrons. The molecule has 1 aliphatic rings. The van der Waals surface area contributed by atoms with Crippen LogP contribution in [-0.2, 0) is 0 Å². The normalized spacial score (nSPS) is 26.9. The molecule has 0 aromatic carbocycles. The third kappa shape index (κ3) is 3.11. The highest BCUT2D eigenvalue weighted by Crippen LogP contribution is 2.35. The van der Waals surface area contributed by atoms with Crippen molar-refractivity contribution in [3.63, 3.8) is 0 Å². The van der Waals surface area contributed by atoms with Gasteiger partial charge in [0.05, 0.1) is 0 Å². The molecular formula is C12H23NO3. The van der Waals surface area contributed by atoms with E-state index in [9.17, 15) is 4.79 Å². The zero-order chi connectivity index (χ0) is 12.3. The quantitative estimate of drug-likeness (QED) is 0.763. The summed E-state index contributed by atoms with van der Waals surface area (Å²) in [5.41, 5.74) is -0.0352. The smallest absolute Gasteiger partial charge is 0.407 e. The first-order chi connectivity index (χ1) is 7.36. The van der Waals surface area contributed by atoms with Crippen LogP contribution in [0, 0.1) is 11.3 Å². The van der Waals surface area contributed by atoms with Crippen LogP contribution in [0.5, 0.6) is 0 Å². The Morgan fingerprint density at radius 2 is 2.06 bits per heavy atom. The minimum Gasteiger partial charge on any atom is -0.465 e. The van der Waals surface area contributed by atoms with Gasteiger partial charge in [-0.2, -0.15) is 0 Å². The van der Waals surface area contributed by atoms with E-state index in [0.29, 0.717) is 12.5 Å². The Bertz CT molecular complexity index is 247. The standard InChI is InChI=1S/C12H23NO3/c1-12(2,3)10-8-9(5-7-14)4-6-13(10)11(15)16/h9-10,14H,4-8H2,1-3H3,(H,15,16). The van der Waals surface area contributed by atoms with Crippen LogP contribution in [-0.4, -0.2) is 40.4 Å². The van der Waals surface area contributed by atoms with E-state index in [1.54, 1.807) is 4.90 Å². The first-order valence-electron chi connectivity index (χ1n) is 5.96. The van der Waals surface area contributed by atoms with Gasteiger partial charge in [0.15, 0.2) is 0 Å². The van der Waals surface area contributed by atoms with Crippen LogP contribution in [0.2, 0.25) is 0 Å². The lowest BCUT2D eigenvalue weighted by Crippen LogP contribution is -2.51. The van der Waals surface area contributed by atoms with Crippen molar-refractivity contribution in [2.45, 2.75) is 46.1 Å². The fourth-order valence-corrected chi connectivity index (χ4v) is 2.53. The fraction of sp³-hybridized carbons (Fsp3) is 0.917. The van der Waals surface area contributed by atoms with Gasteiger partial charge in [-0.05, 0) is 30.6 Å². The summed E-state index contributed by atoms with van der Waals surface area (Å²) >= 11 is 0. The van der Waals surface area contributed by atoms with E-state index in [1.165, 1.54) is 0 Å². The highest BCUT2D eigenvalue weighted by Gasteiger charge is 2.38. The molecule has 1 amide bonds. The van der Waals surface area contributed by atoms with Crippen LogP contribution < -0.4 is 0 Å². The third-order valence-corrected chi connectivity index (χ3v) is 3.49. The van der Waals surface area contributed by atoms with Crippen LogP contribution in [0.25, 0.3) is 0 Å². The van der Waals surface area contributed by atoms with E-state index >= 15 is 0 Å². The van der Waals surface area contributed by atoms with Crippen LogP contribution in [0.1, 0.15) is 40.0 Å². The van der Waals surface area contributed by atoms with Crippen molar-refractivity contribution in [3.8, 4) is 0 Å². The maximum atomic E-state index is 11.2. The molecule has 0 aromatic rings. The first-order valence-corrected chi connectivity index (χ1v) is 5.96. The Balaban J connectivity index is 2.74. The van der Waals surface area contributed by atoms with Gasteiger partial charge in [-0.1, -0.05) is 20.8 Å². The number of likely N-dealkylation sites (tertiary alicyclic amines) is 1. The highest BCUT2D eigenvalue weighted by atomic mass is 16.4. The van der Waals surface area contributed by atoms with Gasteiger partial charge in [0, 0.05) is 19.2 Å². The zero-order valence-electron chi connectivity index (χ0n) is 10.4. The third-order valence-electron chi connectivity index (χ3n) is 3.49. The first kappa shape index (κ1) is 13.3. The van der Waals surface area contributed by atoms with Crippen LogP contribution in [0.4, 0.5) is 4.79 Å². The van der Waals surface area contributed by atoms with Gasteiger partial charge in [0.1, 0.15) is 0 Å². The number of hydrogen-bond acceptors (Lipinski definition) is 2. The molecule has 0 radical (unpaired) electrons. The molecule has 0 saturated carbocycles. The van der Waals surface area contributed by atoms with Crippen LogP contribution in [0.3, 0.4) is 0 Å². The summed E-state index contributed by atoms with van der Waals surface area (Å²) in [6.07, 6.45) is 1.72. The minimum absolute atomic E-state index is 0.0352. The van der Waals surface area contributed by atoms with Crippen LogP contribution in [0.15, 0.2) is 0 Å². The lowest BCUT2D eigenvalue weighted by molar-refractivity contribution is 0.0357. The largest absolute Gasteiger partial charge is 0.465 e. The van der Waals surface area contributed by atoms with Crippen LogP contribution >= 0.6 is 0 Å². The molecule has 2 atom stereocenters. The summed E-state index contributed by atoms with van der Waals surface area (Å²) in [4.78, 5) is 12.7. The second kappa shape index (κ2) is 5.04. The minimum atomic E-state index is -0.817. The molecule has 1 heterocycles. The molecule has 1 saturated heterocycles. The Morgan fingerprint density at radius 3 is 2.50 bits per heavy atom. The lowest BCUT2D eigenvalue weighted by atomic mass is 9.76. The number of aliphatic hydroxyl groups excluding tert-OH is 1. The monoisotopic (exact) mass is 229 g/mol. The SMILES string of the molecule is CC(C)(C)C1CC(CCO)CCN1C(=O)O. The Hall–Kier alpha value is -0.770. The summed E-state index contributed by atoms with van der Waals surface area (Å²) in [7, 11) is 0. The number of nitrogens with zero attached hydrogens (tertiary/aromatic N) is 1. The predicted octanol–water partition coefficient (Wildman–Crippen LogP) is 2.17. The average molecular weight is 229 g/mol. The van der Waals surface area contributed by atoms with E-state index in [1.807, 2.05) is 0 Å². The van der Waals surface area contributed by atoms with Crippen molar-refractivity contribution in [1.29, 1.82) is 0 Å². The number of carbonyl (C=O) groups is 1. The van der Waals surface area contributed by atoms with E-state index in [-0.39, 0.29) is 18.1 Å². The molecule has 0 aliphatic carbocycles. The summed E-state index contributed by atoms with van der Waals surface area (Å²) in [6.45, 7) is 7.04. The number of piperidine rings is 1. The number of hydrogen-bond donors (Lipinski definition) is 2. The number of carboxylic acid groups (broad SMARTS) is 1. The second-order valence-electron chi connectivity index (χ2n) is 5.76. The summed E-state index contributed by atoms with van der Waals surface area (Å²) in [6, 6.07) is 0.0651. The molecule has 16 heavy (non-hydrogen) atoms. The van der Waals surface area contributed by atoms with Crippen molar-refractivity contribution in [1.82, 2.24) is 4.90 Å². The summed E-state index contributed by atoms with van der Waals surface area (Å²) in [5.74, 6) is 0.463. The van der Waals surface area contributed by atoms with Crippen molar-refractivity contribution in [3.05, 3.63) is 0 Å². The van der Waals surface area contributed by atoms with Gasteiger partial charge < -0.3 is 15.1 Å². The highest BCUT2D eigenvalue weighted by molar-refractivity contribution is 5.65. The number of aliphatic hydroxyl groups is 1. The molecule has 2 unspecified atom stereocenters. The second-order valence-corrected chi connectivity index (χ2v) is 5.76. The molecule has 2 N–H and O–H groups in total. The van der Waals surface area contributed by atoms with Crippen molar-refractivity contribution >= 4 is 6.09 Å². The van der Waals surface area contributed by atoms with Gasteiger partial charge in [-0.3, -0.25) is 0 Å². The van der Waals surface area contributed by atoms with Crippen molar-refractivity contribution < 1.29 is 15.0 Å². The van der Waals surface area contributed by atoms with E-state index in [4.69, 9.17) is 10.2 Å². The molecule has 1 fully saturated rings. The molecule has 1 aliphatic heterocycles. The topological polar surface area (TPSA) is 60.8 Å². The summed E-state index contributed by atoms with van der Waals surface area (Å²) in [5, 5.41) is 18.1. The maximum Gasteiger partial charge on any atom is 0.407 e. The van der Waals surface area contributed by atoms with Gasteiger partial charge in [0.25, 0.3) is 0 Å². The fourth-order valence-electron chi connectivity index (χ4n) is 2.53.